The van der Waals surface area contributed by atoms with E-state index in [1.54, 1.807) is 32.0 Å². The molecule has 0 heterocycles. The molecule has 0 aliphatic heterocycles. The summed E-state index contributed by atoms with van der Waals surface area (Å²) in [6, 6.07) is 4.97. The van der Waals surface area contributed by atoms with E-state index in [1.807, 2.05) is 20.8 Å². The number of esters is 1. The number of aromatic hydroxyl groups is 1. The molecule has 106 valence electrons. The third-order valence-corrected chi connectivity index (χ3v) is 2.71. The number of carbonyl (C=O) groups excluding carboxylic acids is 1. The number of phenolic OH excluding ortho intramolecular Hbond substituents is 1. The van der Waals surface area contributed by atoms with Gasteiger partial charge in [-0.25, -0.2) is 4.79 Å². The normalized spacial score (nSPS) is 12.9. The van der Waals surface area contributed by atoms with Crippen molar-refractivity contribution in [2.24, 2.45) is 0 Å². The third-order valence-electron chi connectivity index (χ3n) is 2.71. The summed E-state index contributed by atoms with van der Waals surface area (Å²) >= 11 is 0. The Balaban J connectivity index is 2.89. The maximum atomic E-state index is 11.5. The fourth-order valence-electron chi connectivity index (χ4n) is 1.70. The topological polar surface area (TPSA) is 55.8 Å². The summed E-state index contributed by atoms with van der Waals surface area (Å²) in [5.41, 5.74) is 0.581. The highest BCUT2D eigenvalue weighted by Gasteiger charge is 2.21. The van der Waals surface area contributed by atoms with E-state index in [-0.39, 0.29) is 11.2 Å². The standard InChI is InChI=1S/C15H22O4/c1-6-18-14(17)10(2)19-11-7-8-13(16)12(9-11)15(3,4)5/h7-10,16H,6H2,1-5H3. The number of ether oxygens (including phenoxy) is 2. The van der Waals surface area contributed by atoms with Crippen molar-refractivity contribution in [1.29, 1.82) is 0 Å². The lowest BCUT2D eigenvalue weighted by Crippen LogP contribution is -2.26. The van der Waals surface area contributed by atoms with Gasteiger partial charge in [0.2, 0.25) is 0 Å². The van der Waals surface area contributed by atoms with E-state index >= 15 is 0 Å². The number of rotatable bonds is 4. The van der Waals surface area contributed by atoms with Gasteiger partial charge in [0.25, 0.3) is 0 Å². The van der Waals surface area contributed by atoms with Gasteiger partial charge in [-0.3, -0.25) is 0 Å². The van der Waals surface area contributed by atoms with Crippen LogP contribution >= 0.6 is 0 Å². The van der Waals surface area contributed by atoms with Gasteiger partial charge in [-0.05, 0) is 37.5 Å². The minimum absolute atomic E-state index is 0.198. The lowest BCUT2D eigenvalue weighted by molar-refractivity contribution is -0.150. The van der Waals surface area contributed by atoms with Crippen LogP contribution in [-0.4, -0.2) is 23.8 Å². The average Bonchev–Trinajstić information content (AvgIpc) is 2.30. The maximum Gasteiger partial charge on any atom is 0.347 e. The van der Waals surface area contributed by atoms with E-state index < -0.39 is 12.1 Å². The Kier molecular flexibility index (Phi) is 4.81. The van der Waals surface area contributed by atoms with Crippen LogP contribution in [0.5, 0.6) is 11.5 Å². The van der Waals surface area contributed by atoms with Crippen molar-refractivity contribution in [3.05, 3.63) is 23.8 Å². The minimum Gasteiger partial charge on any atom is -0.508 e. The van der Waals surface area contributed by atoms with Crippen molar-refractivity contribution < 1.29 is 19.4 Å². The van der Waals surface area contributed by atoms with E-state index in [4.69, 9.17) is 9.47 Å². The Morgan fingerprint density at radius 3 is 2.53 bits per heavy atom. The average molecular weight is 266 g/mol. The molecule has 4 nitrogen and oxygen atoms in total. The molecular formula is C15H22O4. The molecule has 1 aromatic rings. The second-order valence-electron chi connectivity index (χ2n) is 5.44. The van der Waals surface area contributed by atoms with E-state index in [0.717, 1.165) is 5.56 Å². The predicted octanol–water partition coefficient (Wildman–Crippen LogP) is 3.02. The van der Waals surface area contributed by atoms with Gasteiger partial charge in [0.05, 0.1) is 6.61 Å². The molecule has 1 unspecified atom stereocenters. The zero-order valence-corrected chi connectivity index (χ0v) is 12.2. The van der Waals surface area contributed by atoms with E-state index in [1.165, 1.54) is 0 Å². The van der Waals surface area contributed by atoms with Crippen LogP contribution in [0.3, 0.4) is 0 Å². The molecule has 0 radical (unpaired) electrons. The van der Waals surface area contributed by atoms with Crippen LogP contribution in [0.25, 0.3) is 0 Å². The zero-order chi connectivity index (χ0) is 14.6. The van der Waals surface area contributed by atoms with Crippen molar-refractivity contribution in [3.8, 4) is 11.5 Å². The quantitative estimate of drug-likeness (QED) is 0.851. The molecule has 0 fully saturated rings. The monoisotopic (exact) mass is 266 g/mol. The molecule has 1 rings (SSSR count). The van der Waals surface area contributed by atoms with Crippen molar-refractivity contribution >= 4 is 5.97 Å². The van der Waals surface area contributed by atoms with E-state index in [0.29, 0.717) is 12.4 Å². The molecule has 0 amide bonds. The molecule has 0 spiro atoms. The summed E-state index contributed by atoms with van der Waals surface area (Å²) in [4.78, 5) is 11.5. The Hall–Kier alpha value is -1.71. The molecule has 0 saturated carbocycles. The largest absolute Gasteiger partial charge is 0.508 e. The van der Waals surface area contributed by atoms with Gasteiger partial charge in [-0.15, -0.1) is 0 Å². The van der Waals surface area contributed by atoms with Crippen LogP contribution in [0.1, 0.15) is 40.2 Å². The molecule has 1 atom stereocenters. The van der Waals surface area contributed by atoms with Gasteiger partial charge < -0.3 is 14.6 Å². The first-order valence-electron chi connectivity index (χ1n) is 6.42. The highest BCUT2D eigenvalue weighted by molar-refractivity contribution is 5.74. The smallest absolute Gasteiger partial charge is 0.347 e. The van der Waals surface area contributed by atoms with Gasteiger partial charge in [0.15, 0.2) is 6.10 Å². The molecule has 19 heavy (non-hydrogen) atoms. The second-order valence-corrected chi connectivity index (χ2v) is 5.44. The maximum absolute atomic E-state index is 11.5. The van der Waals surface area contributed by atoms with Gasteiger partial charge >= 0.3 is 5.97 Å². The first kappa shape index (κ1) is 15.3. The Morgan fingerprint density at radius 2 is 2.00 bits per heavy atom. The van der Waals surface area contributed by atoms with Crippen LogP contribution < -0.4 is 4.74 Å². The highest BCUT2D eigenvalue weighted by Crippen LogP contribution is 2.33. The molecule has 1 N–H and O–H groups in total. The molecule has 0 aliphatic carbocycles. The van der Waals surface area contributed by atoms with E-state index in [9.17, 15) is 9.90 Å². The molecule has 0 bridgehead atoms. The van der Waals surface area contributed by atoms with Crippen molar-refractivity contribution in [2.45, 2.75) is 46.1 Å². The Bertz CT molecular complexity index is 446. The fourth-order valence-corrected chi connectivity index (χ4v) is 1.70. The SMILES string of the molecule is CCOC(=O)C(C)Oc1ccc(O)c(C(C)(C)C)c1. The summed E-state index contributed by atoms with van der Waals surface area (Å²) in [6.07, 6.45) is -0.669. The van der Waals surface area contributed by atoms with Gasteiger partial charge in [-0.1, -0.05) is 20.8 Å². The molecule has 0 aromatic heterocycles. The molecule has 0 aliphatic rings. The van der Waals surface area contributed by atoms with Crippen LogP contribution in [-0.2, 0) is 14.9 Å². The summed E-state index contributed by atoms with van der Waals surface area (Å²) in [5.74, 6) is 0.375. The van der Waals surface area contributed by atoms with Gasteiger partial charge in [0, 0.05) is 5.56 Å². The third kappa shape index (κ3) is 4.16. The summed E-state index contributed by atoms with van der Waals surface area (Å²) in [5, 5.41) is 9.85. The Labute approximate surface area is 114 Å². The molecule has 1 aromatic carbocycles. The predicted molar refractivity (Wildman–Crippen MR) is 73.5 cm³/mol. The summed E-state index contributed by atoms with van der Waals surface area (Å²) < 4.78 is 10.4. The van der Waals surface area contributed by atoms with Crippen LogP contribution in [0.15, 0.2) is 18.2 Å². The van der Waals surface area contributed by atoms with Crippen LogP contribution in [0, 0.1) is 0 Å². The fraction of sp³-hybridized carbons (Fsp3) is 0.533. The molecule has 0 saturated heterocycles. The number of phenols is 1. The number of carbonyl (C=O) groups is 1. The minimum atomic E-state index is -0.669. The second kappa shape index (κ2) is 5.95. The molecular weight excluding hydrogens is 244 g/mol. The number of hydrogen-bond acceptors (Lipinski definition) is 4. The zero-order valence-electron chi connectivity index (χ0n) is 12.2. The first-order valence-corrected chi connectivity index (χ1v) is 6.42. The number of benzene rings is 1. The number of hydrogen-bond donors (Lipinski definition) is 1. The lowest BCUT2D eigenvalue weighted by atomic mass is 9.86. The summed E-state index contributed by atoms with van der Waals surface area (Å²) in [7, 11) is 0. The van der Waals surface area contributed by atoms with E-state index in [2.05, 4.69) is 0 Å². The highest BCUT2D eigenvalue weighted by atomic mass is 16.6. The van der Waals surface area contributed by atoms with Crippen LogP contribution in [0.4, 0.5) is 0 Å². The summed E-state index contributed by atoms with van der Waals surface area (Å²) in [6.45, 7) is 9.72. The lowest BCUT2D eigenvalue weighted by Gasteiger charge is -2.22. The van der Waals surface area contributed by atoms with Crippen molar-refractivity contribution in [2.75, 3.05) is 6.61 Å². The van der Waals surface area contributed by atoms with Crippen molar-refractivity contribution in [1.82, 2.24) is 0 Å². The van der Waals surface area contributed by atoms with Crippen molar-refractivity contribution in [3.63, 3.8) is 0 Å². The molecule has 4 heteroatoms. The Morgan fingerprint density at radius 1 is 1.37 bits per heavy atom. The van der Waals surface area contributed by atoms with Gasteiger partial charge in [-0.2, -0.15) is 0 Å². The van der Waals surface area contributed by atoms with Gasteiger partial charge in [0.1, 0.15) is 11.5 Å². The first-order chi connectivity index (χ1) is 8.75. The van der Waals surface area contributed by atoms with Crippen LogP contribution in [0.2, 0.25) is 0 Å².